The third-order valence-corrected chi connectivity index (χ3v) is 3.14. The fourth-order valence-electron chi connectivity index (χ4n) is 1.94. The summed E-state index contributed by atoms with van der Waals surface area (Å²) >= 11 is 0. The number of aryl methyl sites for hydroxylation is 1. The summed E-state index contributed by atoms with van der Waals surface area (Å²) in [7, 11) is 0. The Kier molecular flexibility index (Phi) is 5.95. The molecule has 2 rings (SSSR count). The maximum absolute atomic E-state index is 11.6. The van der Waals surface area contributed by atoms with Crippen molar-refractivity contribution in [2.45, 2.75) is 40.2 Å². The molecule has 0 radical (unpaired) electrons. The molecule has 0 aromatic carbocycles. The van der Waals surface area contributed by atoms with Gasteiger partial charge in [0.15, 0.2) is 0 Å². The lowest BCUT2D eigenvalue weighted by molar-refractivity contribution is 0.124. The highest BCUT2D eigenvalue weighted by atomic mass is 16.5. The van der Waals surface area contributed by atoms with Crippen LogP contribution in [0.4, 0.5) is 10.6 Å². The molecule has 2 heterocycles. The normalized spacial score (nSPS) is 12.5. The lowest BCUT2D eigenvalue weighted by Gasteiger charge is -2.21. The number of carbonyl (C=O) groups is 1. The van der Waals surface area contributed by atoms with E-state index in [-0.39, 0.29) is 11.5 Å². The monoisotopic (exact) mass is 347 g/mol. The number of aromatic nitrogens is 3. The van der Waals surface area contributed by atoms with Crippen LogP contribution in [-0.4, -0.2) is 40.0 Å². The second kappa shape index (κ2) is 7.96. The first-order chi connectivity index (χ1) is 11.7. The van der Waals surface area contributed by atoms with Gasteiger partial charge in [-0.2, -0.15) is 0 Å². The first-order valence-electron chi connectivity index (χ1n) is 8.18. The van der Waals surface area contributed by atoms with Gasteiger partial charge in [0.05, 0.1) is 12.2 Å². The molecule has 2 N–H and O–H groups in total. The quantitative estimate of drug-likeness (QED) is 0.828. The number of hydrogen-bond acceptors (Lipinski definition) is 7. The molecular weight excluding hydrogens is 322 g/mol. The molecule has 0 fully saturated rings. The number of nitrogens with zero attached hydrogens (tertiary/aromatic N) is 3. The molecule has 0 aliphatic carbocycles. The molecule has 0 spiro atoms. The molecule has 0 saturated heterocycles. The van der Waals surface area contributed by atoms with Crippen molar-refractivity contribution >= 4 is 11.9 Å². The Morgan fingerprint density at radius 2 is 2.08 bits per heavy atom. The van der Waals surface area contributed by atoms with Gasteiger partial charge in [0.1, 0.15) is 5.82 Å². The molecule has 8 nitrogen and oxygen atoms in total. The van der Waals surface area contributed by atoms with Crippen LogP contribution in [-0.2, 0) is 4.74 Å². The number of pyridine rings is 1. The number of ether oxygens (including phenoxy) is 1. The van der Waals surface area contributed by atoms with E-state index in [9.17, 15) is 4.79 Å². The number of nitrogens with one attached hydrogen (secondary N) is 2. The standard InChI is InChI=1S/C17H25N5O3/c1-11(10-24-16(23)20-17(3,4)5)8-18-14-7-6-13(9-19-14)15-22-21-12(2)25-15/h6-7,9,11H,8,10H2,1-5H3,(H,18,19)(H,20,23). The molecule has 2 aromatic heterocycles. The lowest BCUT2D eigenvalue weighted by Crippen LogP contribution is -2.41. The molecule has 0 bridgehead atoms. The van der Waals surface area contributed by atoms with Crippen molar-refractivity contribution in [3.8, 4) is 11.5 Å². The van der Waals surface area contributed by atoms with Gasteiger partial charge >= 0.3 is 6.09 Å². The van der Waals surface area contributed by atoms with Crippen LogP contribution in [0.2, 0.25) is 0 Å². The second-order valence-electron chi connectivity index (χ2n) is 7.02. The summed E-state index contributed by atoms with van der Waals surface area (Å²) in [5.74, 6) is 1.83. The lowest BCUT2D eigenvalue weighted by atomic mass is 10.1. The summed E-state index contributed by atoms with van der Waals surface area (Å²) in [6.45, 7) is 10.4. The van der Waals surface area contributed by atoms with E-state index in [1.54, 1.807) is 13.1 Å². The zero-order valence-corrected chi connectivity index (χ0v) is 15.3. The van der Waals surface area contributed by atoms with E-state index < -0.39 is 6.09 Å². The van der Waals surface area contributed by atoms with Crippen LogP contribution in [0.1, 0.15) is 33.6 Å². The average molecular weight is 347 g/mol. The molecule has 0 saturated carbocycles. The molecule has 136 valence electrons. The molecule has 1 amide bonds. The van der Waals surface area contributed by atoms with Crippen molar-refractivity contribution in [1.29, 1.82) is 0 Å². The summed E-state index contributed by atoms with van der Waals surface area (Å²) < 4.78 is 10.6. The molecule has 0 aliphatic rings. The zero-order valence-electron chi connectivity index (χ0n) is 15.3. The van der Waals surface area contributed by atoms with Crippen molar-refractivity contribution in [3.63, 3.8) is 0 Å². The molecule has 1 atom stereocenters. The third-order valence-electron chi connectivity index (χ3n) is 3.14. The largest absolute Gasteiger partial charge is 0.449 e. The molecule has 1 unspecified atom stereocenters. The molecule has 0 aliphatic heterocycles. The van der Waals surface area contributed by atoms with Crippen molar-refractivity contribution in [3.05, 3.63) is 24.2 Å². The summed E-state index contributed by atoms with van der Waals surface area (Å²) in [6.07, 6.45) is 1.27. The second-order valence-corrected chi connectivity index (χ2v) is 7.02. The number of carbonyl (C=O) groups excluding carboxylic acids is 1. The fraction of sp³-hybridized carbons (Fsp3) is 0.529. The summed E-state index contributed by atoms with van der Waals surface area (Å²) in [5.41, 5.74) is 0.461. The van der Waals surface area contributed by atoms with Crippen molar-refractivity contribution in [2.24, 2.45) is 5.92 Å². The van der Waals surface area contributed by atoms with Crippen molar-refractivity contribution < 1.29 is 13.9 Å². The summed E-state index contributed by atoms with van der Waals surface area (Å²) in [6, 6.07) is 3.70. The van der Waals surface area contributed by atoms with Crippen LogP contribution in [0, 0.1) is 12.8 Å². The van der Waals surface area contributed by atoms with Crippen LogP contribution in [0.3, 0.4) is 0 Å². The van der Waals surface area contributed by atoms with E-state index in [2.05, 4.69) is 25.8 Å². The minimum absolute atomic E-state index is 0.144. The SMILES string of the molecule is Cc1nnc(-c2ccc(NCC(C)COC(=O)NC(C)(C)C)nc2)o1. The summed E-state index contributed by atoms with van der Waals surface area (Å²) in [4.78, 5) is 15.9. The fourth-order valence-corrected chi connectivity index (χ4v) is 1.94. The molecule has 25 heavy (non-hydrogen) atoms. The van der Waals surface area contributed by atoms with E-state index in [0.29, 0.717) is 24.9 Å². The smallest absolute Gasteiger partial charge is 0.407 e. The Morgan fingerprint density at radius 3 is 2.64 bits per heavy atom. The predicted molar refractivity (Wildman–Crippen MR) is 94.2 cm³/mol. The van der Waals surface area contributed by atoms with E-state index in [0.717, 1.165) is 11.4 Å². The van der Waals surface area contributed by atoms with E-state index in [4.69, 9.17) is 9.15 Å². The predicted octanol–water partition coefficient (Wildman–Crippen LogP) is 3.01. The third kappa shape index (κ3) is 6.40. The Morgan fingerprint density at radius 1 is 1.32 bits per heavy atom. The zero-order chi connectivity index (χ0) is 18.4. The van der Waals surface area contributed by atoms with Crippen LogP contribution in [0.25, 0.3) is 11.5 Å². The average Bonchev–Trinajstić information content (AvgIpc) is 2.96. The highest BCUT2D eigenvalue weighted by Gasteiger charge is 2.15. The Hall–Kier alpha value is -2.64. The maximum Gasteiger partial charge on any atom is 0.407 e. The van der Waals surface area contributed by atoms with Crippen LogP contribution >= 0.6 is 0 Å². The van der Waals surface area contributed by atoms with Gasteiger partial charge in [-0.1, -0.05) is 6.92 Å². The number of amides is 1. The van der Waals surface area contributed by atoms with E-state index >= 15 is 0 Å². The van der Waals surface area contributed by atoms with Gasteiger partial charge in [0.2, 0.25) is 11.8 Å². The Labute approximate surface area is 147 Å². The Bertz CT molecular complexity index is 691. The van der Waals surface area contributed by atoms with Crippen LogP contribution in [0.15, 0.2) is 22.7 Å². The van der Waals surface area contributed by atoms with Gasteiger partial charge in [-0.05, 0) is 32.9 Å². The highest BCUT2D eigenvalue weighted by molar-refractivity contribution is 5.68. The number of anilines is 1. The number of rotatable bonds is 6. The highest BCUT2D eigenvalue weighted by Crippen LogP contribution is 2.18. The minimum atomic E-state index is -0.406. The Balaban J connectivity index is 1.76. The molecule has 8 heteroatoms. The molecule has 2 aromatic rings. The number of hydrogen-bond donors (Lipinski definition) is 2. The van der Waals surface area contributed by atoms with E-state index in [1.807, 2.05) is 39.8 Å². The van der Waals surface area contributed by atoms with Gasteiger partial charge in [-0.3, -0.25) is 0 Å². The van der Waals surface area contributed by atoms with Crippen LogP contribution in [0.5, 0.6) is 0 Å². The maximum atomic E-state index is 11.6. The van der Waals surface area contributed by atoms with Crippen molar-refractivity contribution in [2.75, 3.05) is 18.5 Å². The van der Waals surface area contributed by atoms with Crippen molar-refractivity contribution in [1.82, 2.24) is 20.5 Å². The summed E-state index contributed by atoms with van der Waals surface area (Å²) in [5, 5.41) is 13.7. The van der Waals surface area contributed by atoms with Gasteiger partial charge in [-0.15, -0.1) is 10.2 Å². The minimum Gasteiger partial charge on any atom is -0.449 e. The number of alkyl carbamates (subject to hydrolysis) is 1. The molecular formula is C17H25N5O3. The van der Waals surface area contributed by atoms with E-state index in [1.165, 1.54) is 0 Å². The first-order valence-corrected chi connectivity index (χ1v) is 8.18. The van der Waals surface area contributed by atoms with Gasteiger partial charge in [0.25, 0.3) is 0 Å². The topological polar surface area (TPSA) is 102 Å². The first kappa shape index (κ1) is 18.7. The van der Waals surface area contributed by atoms with Gasteiger partial charge in [-0.25, -0.2) is 9.78 Å². The van der Waals surface area contributed by atoms with Gasteiger partial charge < -0.3 is 19.8 Å². The van der Waals surface area contributed by atoms with Gasteiger partial charge in [0, 0.05) is 31.1 Å². The van der Waals surface area contributed by atoms with Crippen LogP contribution < -0.4 is 10.6 Å².